The van der Waals surface area contributed by atoms with Crippen LogP contribution < -0.4 is 5.32 Å². The first-order chi connectivity index (χ1) is 8.76. The highest BCUT2D eigenvalue weighted by atomic mass is 16.2. The lowest BCUT2D eigenvalue weighted by Gasteiger charge is -2.27. The number of likely N-dealkylation sites (tertiary alicyclic amines) is 2. The third-order valence-electron chi connectivity index (χ3n) is 4.25. The van der Waals surface area contributed by atoms with E-state index < -0.39 is 0 Å². The minimum atomic E-state index is 0.179. The van der Waals surface area contributed by atoms with Crippen molar-refractivity contribution in [3.8, 4) is 0 Å². The van der Waals surface area contributed by atoms with E-state index in [9.17, 15) is 4.79 Å². The van der Waals surface area contributed by atoms with Crippen LogP contribution in [0, 0.1) is 5.92 Å². The molecule has 1 N–H and O–H groups in total. The molecule has 2 heterocycles. The van der Waals surface area contributed by atoms with Crippen LogP contribution in [-0.2, 0) is 4.79 Å². The van der Waals surface area contributed by atoms with E-state index in [-0.39, 0.29) is 6.04 Å². The summed E-state index contributed by atoms with van der Waals surface area (Å²) in [6.07, 6.45) is 4.55. The van der Waals surface area contributed by atoms with Crippen molar-refractivity contribution >= 4 is 5.91 Å². The van der Waals surface area contributed by atoms with E-state index in [1.54, 1.807) is 0 Å². The molecule has 2 rings (SSSR count). The molecule has 0 unspecified atom stereocenters. The van der Waals surface area contributed by atoms with Crippen molar-refractivity contribution in [1.29, 1.82) is 0 Å². The number of carbonyl (C=O) groups is 1. The minimum Gasteiger partial charge on any atom is -0.341 e. The minimum absolute atomic E-state index is 0.179. The Hall–Kier alpha value is -0.610. The molecule has 0 aromatic carbocycles. The van der Waals surface area contributed by atoms with Crippen LogP contribution in [0.25, 0.3) is 0 Å². The number of hydrogen-bond acceptors (Lipinski definition) is 3. The van der Waals surface area contributed by atoms with Crippen molar-refractivity contribution < 1.29 is 4.79 Å². The van der Waals surface area contributed by atoms with Crippen LogP contribution in [0.5, 0.6) is 0 Å². The molecule has 0 aliphatic carbocycles. The molecule has 18 heavy (non-hydrogen) atoms. The number of nitrogens with one attached hydrogen (secondary N) is 1. The summed E-state index contributed by atoms with van der Waals surface area (Å²) in [5.41, 5.74) is 0. The fourth-order valence-electron chi connectivity index (χ4n) is 3.36. The van der Waals surface area contributed by atoms with Crippen LogP contribution in [0.3, 0.4) is 0 Å². The highest BCUT2D eigenvalue weighted by Gasteiger charge is 2.35. The SMILES string of the molecule is CCCN1CCC[C@H]1C(=O)N1CC[C@H](CNC)C1. The summed E-state index contributed by atoms with van der Waals surface area (Å²) in [5.74, 6) is 1.04. The molecule has 0 aromatic heterocycles. The van der Waals surface area contributed by atoms with Gasteiger partial charge in [-0.1, -0.05) is 6.92 Å². The first kappa shape index (κ1) is 13.8. The molecule has 1 amide bonds. The summed E-state index contributed by atoms with van der Waals surface area (Å²) in [6.45, 7) is 7.33. The van der Waals surface area contributed by atoms with Gasteiger partial charge in [0.25, 0.3) is 0 Å². The number of amides is 1. The van der Waals surface area contributed by atoms with Crippen molar-refractivity contribution in [3.63, 3.8) is 0 Å². The van der Waals surface area contributed by atoms with Gasteiger partial charge in [0.2, 0.25) is 5.91 Å². The molecule has 2 atom stereocenters. The monoisotopic (exact) mass is 253 g/mol. The standard InChI is InChI=1S/C14H27N3O/c1-3-7-16-8-4-5-13(16)14(18)17-9-6-12(11-17)10-15-2/h12-13,15H,3-11H2,1-2H3/t12-,13+/m1/s1. The Kier molecular flexibility index (Phi) is 5.01. The van der Waals surface area contributed by atoms with Crippen molar-refractivity contribution in [3.05, 3.63) is 0 Å². The molecule has 2 aliphatic heterocycles. The molecule has 2 saturated heterocycles. The molecule has 0 radical (unpaired) electrons. The van der Waals surface area contributed by atoms with Crippen LogP contribution in [0.15, 0.2) is 0 Å². The van der Waals surface area contributed by atoms with E-state index in [2.05, 4.69) is 22.0 Å². The van der Waals surface area contributed by atoms with Gasteiger partial charge in [-0.3, -0.25) is 9.69 Å². The maximum absolute atomic E-state index is 12.5. The molecule has 2 aliphatic rings. The Balaban J connectivity index is 1.87. The normalized spacial score (nSPS) is 29.1. The van der Waals surface area contributed by atoms with Gasteiger partial charge in [-0.05, 0) is 58.3 Å². The fraction of sp³-hybridized carbons (Fsp3) is 0.929. The summed E-state index contributed by atoms with van der Waals surface area (Å²) < 4.78 is 0. The molecular weight excluding hydrogens is 226 g/mol. The Labute approximate surface area is 111 Å². The van der Waals surface area contributed by atoms with Crippen molar-refractivity contribution in [2.45, 2.75) is 38.6 Å². The zero-order valence-electron chi connectivity index (χ0n) is 11.8. The van der Waals surface area contributed by atoms with Gasteiger partial charge in [-0.25, -0.2) is 0 Å². The van der Waals surface area contributed by atoms with Gasteiger partial charge >= 0.3 is 0 Å². The van der Waals surface area contributed by atoms with E-state index in [4.69, 9.17) is 0 Å². The number of carbonyl (C=O) groups excluding carboxylic acids is 1. The van der Waals surface area contributed by atoms with Gasteiger partial charge in [0.1, 0.15) is 0 Å². The van der Waals surface area contributed by atoms with Gasteiger partial charge in [-0.2, -0.15) is 0 Å². The molecular formula is C14H27N3O. The van der Waals surface area contributed by atoms with E-state index in [1.807, 2.05) is 7.05 Å². The summed E-state index contributed by atoms with van der Waals surface area (Å²) in [7, 11) is 1.99. The molecule has 0 saturated carbocycles. The lowest BCUT2D eigenvalue weighted by molar-refractivity contribution is -0.135. The second kappa shape index (κ2) is 6.53. The van der Waals surface area contributed by atoms with Gasteiger partial charge in [0.15, 0.2) is 0 Å². The predicted octanol–water partition coefficient (Wildman–Crippen LogP) is 0.929. The first-order valence-corrected chi connectivity index (χ1v) is 7.43. The van der Waals surface area contributed by atoms with Gasteiger partial charge < -0.3 is 10.2 Å². The average molecular weight is 253 g/mol. The van der Waals surface area contributed by atoms with Gasteiger partial charge in [0.05, 0.1) is 6.04 Å². The molecule has 4 heteroatoms. The molecule has 0 spiro atoms. The summed E-state index contributed by atoms with van der Waals surface area (Å²) in [5, 5.41) is 3.22. The molecule has 0 aromatic rings. The third kappa shape index (κ3) is 3.04. The van der Waals surface area contributed by atoms with Crippen molar-refractivity contribution in [2.75, 3.05) is 39.8 Å². The Morgan fingerprint density at radius 2 is 2.17 bits per heavy atom. The number of nitrogens with zero attached hydrogens (tertiary/aromatic N) is 2. The highest BCUT2D eigenvalue weighted by molar-refractivity contribution is 5.82. The zero-order valence-corrected chi connectivity index (χ0v) is 11.8. The van der Waals surface area contributed by atoms with E-state index in [0.717, 1.165) is 52.0 Å². The van der Waals surface area contributed by atoms with E-state index >= 15 is 0 Å². The summed E-state index contributed by atoms with van der Waals surface area (Å²) >= 11 is 0. The van der Waals surface area contributed by atoms with Crippen LogP contribution >= 0.6 is 0 Å². The van der Waals surface area contributed by atoms with Crippen LogP contribution in [0.1, 0.15) is 32.6 Å². The Morgan fingerprint density at radius 1 is 1.33 bits per heavy atom. The summed E-state index contributed by atoms with van der Waals surface area (Å²) in [6, 6.07) is 0.179. The second-order valence-corrected chi connectivity index (χ2v) is 5.69. The van der Waals surface area contributed by atoms with E-state index in [0.29, 0.717) is 11.8 Å². The first-order valence-electron chi connectivity index (χ1n) is 7.43. The van der Waals surface area contributed by atoms with E-state index in [1.165, 1.54) is 6.42 Å². The molecule has 4 nitrogen and oxygen atoms in total. The topological polar surface area (TPSA) is 35.6 Å². The quantitative estimate of drug-likeness (QED) is 0.792. The van der Waals surface area contributed by atoms with Crippen molar-refractivity contribution in [2.24, 2.45) is 5.92 Å². The van der Waals surface area contributed by atoms with Crippen LogP contribution in [-0.4, -0.2) is 61.5 Å². The van der Waals surface area contributed by atoms with Gasteiger partial charge in [0, 0.05) is 13.1 Å². The van der Waals surface area contributed by atoms with Crippen LogP contribution in [0.4, 0.5) is 0 Å². The number of rotatable bonds is 5. The lowest BCUT2D eigenvalue weighted by Crippen LogP contribution is -2.45. The largest absolute Gasteiger partial charge is 0.341 e. The van der Waals surface area contributed by atoms with Crippen molar-refractivity contribution in [1.82, 2.24) is 15.1 Å². The fourth-order valence-corrected chi connectivity index (χ4v) is 3.36. The molecule has 0 bridgehead atoms. The maximum atomic E-state index is 12.5. The Bertz CT molecular complexity index is 282. The Morgan fingerprint density at radius 3 is 2.89 bits per heavy atom. The smallest absolute Gasteiger partial charge is 0.239 e. The maximum Gasteiger partial charge on any atom is 0.239 e. The molecule has 104 valence electrons. The summed E-state index contributed by atoms with van der Waals surface area (Å²) in [4.78, 5) is 17.0. The average Bonchev–Trinajstić information content (AvgIpc) is 2.98. The highest BCUT2D eigenvalue weighted by Crippen LogP contribution is 2.23. The number of hydrogen-bond donors (Lipinski definition) is 1. The molecule has 2 fully saturated rings. The third-order valence-corrected chi connectivity index (χ3v) is 4.25. The van der Waals surface area contributed by atoms with Crippen LogP contribution in [0.2, 0.25) is 0 Å². The predicted molar refractivity (Wildman–Crippen MR) is 73.5 cm³/mol. The zero-order chi connectivity index (χ0) is 13.0. The lowest BCUT2D eigenvalue weighted by atomic mass is 10.1. The van der Waals surface area contributed by atoms with Gasteiger partial charge in [-0.15, -0.1) is 0 Å². The second-order valence-electron chi connectivity index (χ2n) is 5.69.